The van der Waals surface area contributed by atoms with Crippen LogP contribution in [-0.4, -0.2) is 41.3 Å². The summed E-state index contributed by atoms with van der Waals surface area (Å²) in [4.78, 5) is 32.8. The molecule has 3 aliphatic heterocycles. The van der Waals surface area contributed by atoms with Gasteiger partial charge in [-0.15, -0.1) is 0 Å². The van der Waals surface area contributed by atoms with Crippen molar-refractivity contribution in [3.63, 3.8) is 0 Å². The van der Waals surface area contributed by atoms with Gasteiger partial charge in [0, 0.05) is 24.3 Å². The SMILES string of the molecule is [2H]c1c([2H])c([2H])c(Oc2ccc(N3C(=O)NC4c5c3ccnc5S[C@H]4C(=O)NC3CCCNC3)c(C)c2)c([2H])c1[2H]. The zero-order chi connectivity index (χ0) is 29.0. The van der Waals surface area contributed by atoms with Crippen molar-refractivity contribution < 1.29 is 21.2 Å². The highest BCUT2D eigenvalue weighted by atomic mass is 32.2. The molecule has 2 aromatic carbocycles. The summed E-state index contributed by atoms with van der Waals surface area (Å²) in [6.45, 7) is 3.45. The van der Waals surface area contributed by atoms with E-state index in [2.05, 4.69) is 20.9 Å². The first-order valence-electron chi connectivity index (χ1n) is 14.3. The Labute approximate surface area is 220 Å². The Morgan fingerprint density at radius 3 is 2.86 bits per heavy atom. The van der Waals surface area contributed by atoms with Crippen LogP contribution in [-0.2, 0) is 4.79 Å². The van der Waals surface area contributed by atoms with E-state index in [-0.39, 0.29) is 29.5 Å². The van der Waals surface area contributed by atoms with Crippen molar-refractivity contribution in [1.29, 1.82) is 0 Å². The fourth-order valence-corrected chi connectivity index (χ4v) is 6.11. The number of para-hydroxylation sites is 1. The van der Waals surface area contributed by atoms with Crippen LogP contribution < -0.4 is 25.6 Å². The normalized spacial score (nSPS) is 24.5. The largest absolute Gasteiger partial charge is 0.457 e. The number of hydrogen-bond donors (Lipinski definition) is 3. The summed E-state index contributed by atoms with van der Waals surface area (Å²) < 4.78 is 45.5. The summed E-state index contributed by atoms with van der Waals surface area (Å²) >= 11 is 1.35. The van der Waals surface area contributed by atoms with Crippen molar-refractivity contribution in [2.75, 3.05) is 18.0 Å². The highest BCUT2D eigenvalue weighted by molar-refractivity contribution is 8.01. The molecule has 184 valence electrons. The van der Waals surface area contributed by atoms with Gasteiger partial charge in [-0.2, -0.15) is 0 Å². The van der Waals surface area contributed by atoms with E-state index in [0.717, 1.165) is 31.5 Å². The van der Waals surface area contributed by atoms with Gasteiger partial charge < -0.3 is 20.7 Å². The van der Waals surface area contributed by atoms with Crippen molar-refractivity contribution in [3.05, 3.63) is 71.8 Å². The third-order valence-corrected chi connectivity index (χ3v) is 7.80. The number of carbonyl (C=O) groups is 2. The van der Waals surface area contributed by atoms with Gasteiger partial charge in [0.15, 0.2) is 0 Å². The van der Waals surface area contributed by atoms with E-state index in [1.165, 1.54) is 16.7 Å². The van der Waals surface area contributed by atoms with E-state index in [1.807, 2.05) is 0 Å². The van der Waals surface area contributed by atoms with Crippen molar-refractivity contribution >= 4 is 35.1 Å². The minimum Gasteiger partial charge on any atom is -0.457 e. The predicted molar refractivity (Wildman–Crippen MR) is 139 cm³/mol. The molecule has 1 saturated heterocycles. The molecule has 9 heteroatoms. The van der Waals surface area contributed by atoms with Gasteiger partial charge >= 0.3 is 6.03 Å². The number of benzene rings is 2. The average Bonchev–Trinajstić information content (AvgIpc) is 3.34. The maximum atomic E-state index is 13.5. The molecule has 36 heavy (non-hydrogen) atoms. The molecule has 3 aromatic rings. The van der Waals surface area contributed by atoms with Gasteiger partial charge in [-0.3, -0.25) is 9.69 Å². The Kier molecular flexibility index (Phi) is 4.69. The van der Waals surface area contributed by atoms with Gasteiger partial charge in [-0.25, -0.2) is 9.78 Å². The third-order valence-electron chi connectivity index (χ3n) is 6.51. The Bertz CT molecular complexity index is 1560. The fourth-order valence-electron chi connectivity index (χ4n) is 4.87. The maximum Gasteiger partial charge on any atom is 0.327 e. The van der Waals surface area contributed by atoms with Crippen LogP contribution >= 0.6 is 11.8 Å². The average molecular weight is 507 g/mol. The van der Waals surface area contributed by atoms with Crippen molar-refractivity contribution in [1.82, 2.24) is 20.9 Å². The standard InChI is InChI=1S/C27H27N5O3S/c1-16-14-19(35-18-7-3-2-4-8-18)9-10-20(16)32-21-11-13-29-26-22(21)23(31-27(32)34)24(36-26)25(33)30-17-6-5-12-28-15-17/h2-4,7-11,13-14,17,23-24,28H,5-6,12,15H2,1H3,(H,30,33)(H,31,34)/t17?,23?,24-/m1/s1/i2D,3D,4D,7D,8D. The molecule has 3 aliphatic rings. The number of amides is 3. The van der Waals surface area contributed by atoms with E-state index in [1.54, 1.807) is 37.4 Å². The quantitative estimate of drug-likeness (QED) is 0.474. The number of thioether (sulfide) groups is 1. The van der Waals surface area contributed by atoms with Gasteiger partial charge in [0.1, 0.15) is 21.8 Å². The molecular weight excluding hydrogens is 474 g/mol. The van der Waals surface area contributed by atoms with Crippen LogP contribution in [0.4, 0.5) is 16.2 Å². The first kappa shape index (κ1) is 17.8. The molecule has 0 saturated carbocycles. The highest BCUT2D eigenvalue weighted by Crippen LogP contribution is 2.51. The molecule has 1 aromatic heterocycles. The van der Waals surface area contributed by atoms with Crippen LogP contribution in [0.5, 0.6) is 11.5 Å². The molecule has 2 unspecified atom stereocenters. The van der Waals surface area contributed by atoms with Gasteiger partial charge in [0.2, 0.25) is 5.91 Å². The number of urea groups is 1. The Balaban J connectivity index is 1.28. The van der Waals surface area contributed by atoms with Crippen molar-refractivity contribution in [3.8, 4) is 11.5 Å². The van der Waals surface area contributed by atoms with Gasteiger partial charge in [0.05, 0.1) is 24.3 Å². The topological polar surface area (TPSA) is 95.6 Å². The van der Waals surface area contributed by atoms with Crippen LogP contribution in [0, 0.1) is 6.92 Å². The summed E-state index contributed by atoms with van der Waals surface area (Å²) in [5.41, 5.74) is 2.64. The zero-order valence-corrected chi connectivity index (χ0v) is 20.3. The highest BCUT2D eigenvalue weighted by Gasteiger charge is 2.47. The van der Waals surface area contributed by atoms with Gasteiger partial charge in [0.25, 0.3) is 0 Å². The Morgan fingerprint density at radius 2 is 2.08 bits per heavy atom. The zero-order valence-electron chi connectivity index (χ0n) is 24.5. The van der Waals surface area contributed by atoms with E-state index >= 15 is 0 Å². The molecule has 1 fully saturated rings. The summed E-state index contributed by atoms with van der Waals surface area (Å²) in [6.07, 6.45) is 3.53. The van der Waals surface area contributed by atoms with Crippen LogP contribution in [0.1, 0.15) is 36.9 Å². The molecule has 0 spiro atoms. The van der Waals surface area contributed by atoms with E-state index in [0.29, 0.717) is 22.0 Å². The first-order valence-corrected chi connectivity index (χ1v) is 12.7. The lowest BCUT2D eigenvalue weighted by atomic mass is 9.99. The number of rotatable bonds is 5. The molecule has 3 N–H and O–H groups in total. The Hall–Kier alpha value is -3.56. The number of carbonyl (C=O) groups excluding carboxylic acids is 2. The fraction of sp³-hybridized carbons (Fsp3) is 0.296. The number of pyridine rings is 1. The number of anilines is 2. The molecule has 4 heterocycles. The van der Waals surface area contributed by atoms with Crippen LogP contribution in [0.25, 0.3) is 0 Å². The molecule has 0 radical (unpaired) electrons. The summed E-state index contributed by atoms with van der Waals surface area (Å²) in [7, 11) is 0. The number of nitrogens with zero attached hydrogens (tertiary/aromatic N) is 2. The van der Waals surface area contributed by atoms with E-state index in [4.69, 9.17) is 11.6 Å². The summed E-state index contributed by atoms with van der Waals surface area (Å²) in [5.74, 6) is -0.153. The second-order valence-electron chi connectivity index (χ2n) is 8.91. The second kappa shape index (κ2) is 9.48. The molecule has 8 nitrogen and oxygen atoms in total. The van der Waals surface area contributed by atoms with Crippen molar-refractivity contribution in [2.24, 2.45) is 0 Å². The summed E-state index contributed by atoms with van der Waals surface area (Å²) in [6, 6.07) is 3.44. The number of ether oxygens (including phenoxy) is 1. The lowest BCUT2D eigenvalue weighted by Gasteiger charge is -2.35. The molecule has 3 atom stereocenters. The first-order chi connectivity index (χ1) is 19.7. The van der Waals surface area contributed by atoms with E-state index in [9.17, 15) is 9.59 Å². The number of nitrogens with one attached hydrogen (secondary N) is 3. The van der Waals surface area contributed by atoms with Crippen molar-refractivity contribution in [2.45, 2.75) is 42.1 Å². The van der Waals surface area contributed by atoms with E-state index < -0.39 is 41.5 Å². The third kappa shape index (κ3) is 4.18. The summed E-state index contributed by atoms with van der Waals surface area (Å²) in [5, 5.41) is 9.59. The lowest BCUT2D eigenvalue weighted by molar-refractivity contribution is -0.121. The maximum absolute atomic E-state index is 13.5. The number of hydrogen-bond acceptors (Lipinski definition) is 6. The number of aromatic nitrogens is 1. The minimum atomic E-state index is -0.541. The lowest BCUT2D eigenvalue weighted by Crippen LogP contribution is -2.52. The molecular formula is C27H27N5O3S. The smallest absolute Gasteiger partial charge is 0.327 e. The molecule has 0 bridgehead atoms. The van der Waals surface area contributed by atoms with Crippen LogP contribution in [0.15, 0.2) is 65.7 Å². The van der Waals surface area contributed by atoms with Gasteiger partial charge in [-0.05, 0) is 68.2 Å². The van der Waals surface area contributed by atoms with Crippen LogP contribution in [0.3, 0.4) is 0 Å². The monoisotopic (exact) mass is 506 g/mol. The molecule has 0 aliphatic carbocycles. The minimum absolute atomic E-state index is 0.0507. The number of piperidine rings is 1. The molecule has 6 rings (SSSR count). The van der Waals surface area contributed by atoms with Gasteiger partial charge in [-0.1, -0.05) is 29.9 Å². The van der Waals surface area contributed by atoms with Crippen LogP contribution in [0.2, 0.25) is 0 Å². The predicted octanol–water partition coefficient (Wildman–Crippen LogP) is 4.43. The molecule has 3 amide bonds. The Morgan fingerprint density at radius 1 is 1.22 bits per heavy atom. The number of aryl methyl sites for hydroxylation is 1. The second-order valence-corrected chi connectivity index (χ2v) is 10.0.